The quantitative estimate of drug-likeness (QED) is 0.154. The van der Waals surface area contributed by atoms with Crippen LogP contribution >= 0.6 is 0 Å². The van der Waals surface area contributed by atoms with Crippen molar-refractivity contribution in [3.05, 3.63) is 12.2 Å². The molecule has 0 aliphatic rings. The number of ether oxygens (including phenoxy) is 1. The molecule has 0 aromatic carbocycles. The van der Waals surface area contributed by atoms with Crippen LogP contribution in [0.3, 0.4) is 0 Å². The van der Waals surface area contributed by atoms with Crippen molar-refractivity contribution < 1.29 is 19.4 Å². The smallest absolute Gasteiger partial charge is 0.309 e. The van der Waals surface area contributed by atoms with Gasteiger partial charge in [-0.05, 0) is 32.1 Å². The highest BCUT2D eigenvalue weighted by molar-refractivity contribution is 5.79. The van der Waals surface area contributed by atoms with Crippen molar-refractivity contribution in [2.45, 2.75) is 110 Å². The number of hydrogen-bond donors (Lipinski definition) is 1. The van der Waals surface area contributed by atoms with Crippen molar-refractivity contribution >= 4 is 11.9 Å². The van der Waals surface area contributed by atoms with Crippen LogP contribution in [0.4, 0.5) is 0 Å². The minimum atomic E-state index is -0.922. The first-order chi connectivity index (χ1) is 13.1. The second kappa shape index (κ2) is 19.4. The Bertz CT molecular complexity index is 390. The van der Waals surface area contributed by atoms with Crippen LogP contribution in [-0.2, 0) is 14.3 Å². The predicted molar refractivity (Wildman–Crippen MR) is 112 cm³/mol. The molecular weight excluding hydrogens is 340 g/mol. The molecule has 0 aliphatic carbocycles. The van der Waals surface area contributed by atoms with Gasteiger partial charge in [0.15, 0.2) is 0 Å². The van der Waals surface area contributed by atoms with E-state index >= 15 is 0 Å². The average Bonchev–Trinajstić information content (AvgIpc) is 2.65. The normalized spacial score (nSPS) is 12.4. The van der Waals surface area contributed by atoms with E-state index in [9.17, 15) is 9.59 Å². The molecule has 0 heterocycles. The van der Waals surface area contributed by atoms with Gasteiger partial charge < -0.3 is 9.84 Å². The van der Waals surface area contributed by atoms with Crippen LogP contribution in [0, 0.1) is 5.92 Å². The number of carboxylic acid groups (broad SMARTS) is 1. The van der Waals surface area contributed by atoms with Crippen LogP contribution in [0.2, 0.25) is 0 Å². The Balaban J connectivity index is 3.58. The van der Waals surface area contributed by atoms with Gasteiger partial charge in [-0.1, -0.05) is 83.8 Å². The first kappa shape index (κ1) is 25.7. The van der Waals surface area contributed by atoms with Crippen LogP contribution < -0.4 is 0 Å². The number of rotatable bonds is 19. The summed E-state index contributed by atoms with van der Waals surface area (Å²) in [5, 5.41) is 8.96. The molecule has 0 bridgehead atoms. The lowest BCUT2D eigenvalue weighted by molar-refractivity contribution is -0.153. The Morgan fingerprint density at radius 3 is 1.93 bits per heavy atom. The number of carbonyl (C=O) groups excluding carboxylic acids is 1. The van der Waals surface area contributed by atoms with Crippen LogP contribution in [-0.4, -0.2) is 23.7 Å². The Morgan fingerprint density at radius 2 is 1.37 bits per heavy atom. The van der Waals surface area contributed by atoms with Gasteiger partial charge in [0, 0.05) is 0 Å². The first-order valence-corrected chi connectivity index (χ1v) is 11.1. The van der Waals surface area contributed by atoms with Gasteiger partial charge in [-0.15, -0.1) is 0 Å². The van der Waals surface area contributed by atoms with E-state index in [1.807, 2.05) is 6.92 Å². The zero-order valence-electron chi connectivity index (χ0n) is 17.7. The molecule has 1 N–H and O–H groups in total. The lowest BCUT2D eigenvalue weighted by Crippen LogP contribution is -2.21. The zero-order chi connectivity index (χ0) is 20.2. The van der Waals surface area contributed by atoms with E-state index < -0.39 is 11.9 Å². The molecule has 0 aromatic heterocycles. The van der Waals surface area contributed by atoms with E-state index in [4.69, 9.17) is 9.84 Å². The van der Waals surface area contributed by atoms with E-state index in [2.05, 4.69) is 19.1 Å². The number of carbonyl (C=O) groups is 2. The molecule has 1 unspecified atom stereocenters. The Labute approximate surface area is 166 Å². The third-order valence-electron chi connectivity index (χ3n) is 4.75. The Morgan fingerprint density at radius 1 is 0.815 bits per heavy atom. The summed E-state index contributed by atoms with van der Waals surface area (Å²) < 4.78 is 5.12. The van der Waals surface area contributed by atoms with Crippen molar-refractivity contribution in [3.8, 4) is 0 Å². The standard InChI is InChI=1S/C23H42O4/c1-3-5-6-7-8-9-10-11-12-13-14-15-16-17-18-21(20-22(24)25)23(26)27-19-4-2/h6-7,21H,3-5,8-20H2,1-2H3,(H,24,25)/b7-6+. The summed E-state index contributed by atoms with van der Waals surface area (Å²) in [6.07, 6.45) is 20.5. The number of allylic oxidation sites excluding steroid dienone is 2. The van der Waals surface area contributed by atoms with Gasteiger partial charge >= 0.3 is 11.9 Å². The molecule has 0 aromatic rings. The monoisotopic (exact) mass is 382 g/mol. The lowest BCUT2D eigenvalue weighted by atomic mass is 9.97. The summed E-state index contributed by atoms with van der Waals surface area (Å²) in [7, 11) is 0. The highest BCUT2D eigenvalue weighted by Crippen LogP contribution is 2.18. The van der Waals surface area contributed by atoms with Crippen molar-refractivity contribution in [2.24, 2.45) is 5.92 Å². The van der Waals surface area contributed by atoms with E-state index in [1.54, 1.807) is 0 Å². The second-order valence-electron chi connectivity index (χ2n) is 7.48. The van der Waals surface area contributed by atoms with Crippen molar-refractivity contribution in [2.75, 3.05) is 6.61 Å². The molecular formula is C23H42O4. The molecule has 0 rings (SSSR count). The molecule has 0 fully saturated rings. The molecule has 1 atom stereocenters. The molecule has 0 saturated heterocycles. The maximum absolute atomic E-state index is 11.9. The second-order valence-corrected chi connectivity index (χ2v) is 7.48. The summed E-state index contributed by atoms with van der Waals surface area (Å²) in [5.41, 5.74) is 0. The van der Waals surface area contributed by atoms with E-state index in [0.29, 0.717) is 13.0 Å². The van der Waals surface area contributed by atoms with Crippen LogP contribution in [0.1, 0.15) is 110 Å². The third kappa shape index (κ3) is 17.8. The fraction of sp³-hybridized carbons (Fsp3) is 0.826. The fourth-order valence-electron chi connectivity index (χ4n) is 3.13. The molecule has 27 heavy (non-hydrogen) atoms. The van der Waals surface area contributed by atoms with E-state index in [-0.39, 0.29) is 12.4 Å². The highest BCUT2D eigenvalue weighted by atomic mass is 16.5. The average molecular weight is 383 g/mol. The number of hydrogen-bond acceptors (Lipinski definition) is 3. The maximum atomic E-state index is 11.9. The summed E-state index contributed by atoms with van der Waals surface area (Å²) >= 11 is 0. The topological polar surface area (TPSA) is 63.6 Å². The van der Waals surface area contributed by atoms with Gasteiger partial charge in [0.1, 0.15) is 0 Å². The molecule has 0 aliphatic heterocycles. The number of unbranched alkanes of at least 4 members (excludes halogenated alkanes) is 10. The van der Waals surface area contributed by atoms with Crippen molar-refractivity contribution in [3.63, 3.8) is 0 Å². The van der Waals surface area contributed by atoms with Crippen LogP contribution in [0.15, 0.2) is 12.2 Å². The molecule has 0 amide bonds. The van der Waals surface area contributed by atoms with Crippen molar-refractivity contribution in [1.29, 1.82) is 0 Å². The summed E-state index contributed by atoms with van der Waals surface area (Å²) in [4.78, 5) is 22.8. The lowest BCUT2D eigenvalue weighted by Gasteiger charge is -2.13. The SMILES string of the molecule is CCC/C=C/CCCCCCCCCCCC(CC(=O)O)C(=O)OCCC. The largest absolute Gasteiger partial charge is 0.481 e. The number of esters is 1. The molecule has 4 heteroatoms. The summed E-state index contributed by atoms with van der Waals surface area (Å²) in [6.45, 7) is 4.52. The van der Waals surface area contributed by atoms with Gasteiger partial charge in [-0.25, -0.2) is 0 Å². The highest BCUT2D eigenvalue weighted by Gasteiger charge is 2.22. The molecule has 158 valence electrons. The van der Waals surface area contributed by atoms with E-state index in [1.165, 1.54) is 64.2 Å². The van der Waals surface area contributed by atoms with E-state index in [0.717, 1.165) is 19.3 Å². The summed E-state index contributed by atoms with van der Waals surface area (Å²) in [6, 6.07) is 0. The first-order valence-electron chi connectivity index (χ1n) is 11.1. The molecule has 0 saturated carbocycles. The van der Waals surface area contributed by atoms with Gasteiger partial charge in [0.05, 0.1) is 18.9 Å². The molecule has 4 nitrogen and oxygen atoms in total. The molecule has 0 spiro atoms. The van der Waals surface area contributed by atoms with Gasteiger partial charge in [0.2, 0.25) is 0 Å². The van der Waals surface area contributed by atoms with Gasteiger partial charge in [-0.2, -0.15) is 0 Å². The van der Waals surface area contributed by atoms with Crippen LogP contribution in [0.25, 0.3) is 0 Å². The van der Waals surface area contributed by atoms with Crippen LogP contribution in [0.5, 0.6) is 0 Å². The van der Waals surface area contributed by atoms with Gasteiger partial charge in [0.25, 0.3) is 0 Å². The maximum Gasteiger partial charge on any atom is 0.309 e. The zero-order valence-corrected chi connectivity index (χ0v) is 17.7. The minimum Gasteiger partial charge on any atom is -0.481 e. The fourth-order valence-corrected chi connectivity index (χ4v) is 3.13. The number of carboxylic acids is 1. The molecule has 0 radical (unpaired) electrons. The number of aliphatic carboxylic acids is 1. The third-order valence-corrected chi connectivity index (χ3v) is 4.75. The summed E-state index contributed by atoms with van der Waals surface area (Å²) in [5.74, 6) is -1.75. The Hall–Kier alpha value is -1.32. The van der Waals surface area contributed by atoms with Gasteiger partial charge in [-0.3, -0.25) is 9.59 Å². The van der Waals surface area contributed by atoms with Crippen molar-refractivity contribution in [1.82, 2.24) is 0 Å². The Kier molecular flexibility index (Phi) is 18.5. The minimum absolute atomic E-state index is 0.115. The predicted octanol–water partition coefficient (Wildman–Crippen LogP) is 6.68.